The molecular formula is C21H32O6. The van der Waals surface area contributed by atoms with Crippen LogP contribution in [0.3, 0.4) is 0 Å². The molecule has 2 bridgehead atoms. The SMILES string of the molecule is CO[C@@H]1O[C@@]23CC[C@]4(O)C[C@@H](O)CC[C@@]14[C@H]2CC[C@]1(C)[C@@H](C(=O)O)CC[C@H]13. The first-order valence-electron chi connectivity index (χ1n) is 10.6. The molecule has 0 amide bonds. The quantitative estimate of drug-likeness (QED) is 0.680. The minimum atomic E-state index is -0.964. The van der Waals surface area contributed by atoms with Crippen LogP contribution in [0.4, 0.5) is 0 Å². The van der Waals surface area contributed by atoms with E-state index in [1.54, 1.807) is 7.11 Å². The van der Waals surface area contributed by atoms with Crippen LogP contribution in [0.2, 0.25) is 0 Å². The number of hydrogen-bond acceptors (Lipinski definition) is 5. The summed E-state index contributed by atoms with van der Waals surface area (Å²) in [6.45, 7) is 2.15. The maximum Gasteiger partial charge on any atom is 0.307 e. The maximum atomic E-state index is 11.9. The molecule has 0 aromatic carbocycles. The van der Waals surface area contributed by atoms with Gasteiger partial charge in [-0.3, -0.25) is 4.79 Å². The highest BCUT2D eigenvalue weighted by Gasteiger charge is 2.79. The molecule has 0 unspecified atom stereocenters. The van der Waals surface area contributed by atoms with Crippen molar-refractivity contribution < 1.29 is 29.6 Å². The van der Waals surface area contributed by atoms with Gasteiger partial charge in [-0.2, -0.15) is 0 Å². The number of aliphatic hydroxyl groups excluding tert-OH is 1. The van der Waals surface area contributed by atoms with E-state index in [1.807, 2.05) is 0 Å². The van der Waals surface area contributed by atoms with Crippen molar-refractivity contribution in [3.8, 4) is 0 Å². The van der Waals surface area contributed by atoms with Crippen molar-refractivity contribution >= 4 is 5.97 Å². The fourth-order valence-electron chi connectivity index (χ4n) is 8.62. The maximum absolute atomic E-state index is 11.9. The molecule has 4 saturated carbocycles. The second-order valence-corrected chi connectivity index (χ2v) is 10.2. The Labute approximate surface area is 160 Å². The topological polar surface area (TPSA) is 96.2 Å². The predicted molar refractivity (Wildman–Crippen MR) is 95.8 cm³/mol. The number of fused-ring (bicyclic) bond motifs is 1. The van der Waals surface area contributed by atoms with Gasteiger partial charge in [-0.15, -0.1) is 0 Å². The van der Waals surface area contributed by atoms with Crippen LogP contribution in [-0.2, 0) is 14.3 Å². The lowest BCUT2D eigenvalue weighted by Gasteiger charge is -2.62. The molecule has 5 fully saturated rings. The van der Waals surface area contributed by atoms with Crippen LogP contribution in [0.1, 0.15) is 64.7 Å². The van der Waals surface area contributed by atoms with E-state index in [4.69, 9.17) is 9.47 Å². The van der Waals surface area contributed by atoms with Gasteiger partial charge in [0.2, 0.25) is 0 Å². The highest BCUT2D eigenvalue weighted by molar-refractivity contribution is 5.71. The number of rotatable bonds is 2. The molecule has 1 aliphatic heterocycles. The van der Waals surface area contributed by atoms with Crippen molar-refractivity contribution in [3.63, 3.8) is 0 Å². The van der Waals surface area contributed by atoms with Crippen LogP contribution in [0.25, 0.3) is 0 Å². The Hall–Kier alpha value is -0.690. The summed E-state index contributed by atoms with van der Waals surface area (Å²) in [6.07, 6.45) is 5.47. The summed E-state index contributed by atoms with van der Waals surface area (Å²) in [5.41, 5.74) is -2.10. The first kappa shape index (κ1) is 18.3. The van der Waals surface area contributed by atoms with E-state index >= 15 is 0 Å². The predicted octanol–water partition coefficient (Wildman–Crippen LogP) is 2.31. The molecule has 152 valence electrons. The summed E-state index contributed by atoms with van der Waals surface area (Å²) in [4.78, 5) is 11.9. The van der Waals surface area contributed by atoms with E-state index in [0.29, 0.717) is 32.1 Å². The van der Waals surface area contributed by atoms with Crippen LogP contribution >= 0.6 is 0 Å². The van der Waals surface area contributed by atoms with Crippen molar-refractivity contribution in [2.24, 2.45) is 28.6 Å². The molecule has 6 heteroatoms. The number of carboxylic acid groups (broad SMARTS) is 1. The van der Waals surface area contributed by atoms with Crippen molar-refractivity contribution in [1.29, 1.82) is 0 Å². The normalized spacial score (nSPS) is 59.0. The molecule has 9 atom stereocenters. The van der Waals surface area contributed by atoms with Gasteiger partial charge in [-0.05, 0) is 62.7 Å². The Balaban J connectivity index is 1.61. The molecule has 1 heterocycles. The highest BCUT2D eigenvalue weighted by Crippen LogP contribution is 2.75. The van der Waals surface area contributed by atoms with Crippen LogP contribution in [-0.4, -0.2) is 52.0 Å². The fourth-order valence-corrected chi connectivity index (χ4v) is 8.62. The van der Waals surface area contributed by atoms with Gasteiger partial charge in [-0.25, -0.2) is 0 Å². The van der Waals surface area contributed by atoms with Gasteiger partial charge in [0, 0.05) is 19.4 Å². The Morgan fingerprint density at radius 3 is 2.56 bits per heavy atom. The third-order valence-corrected chi connectivity index (χ3v) is 9.63. The molecule has 1 saturated heterocycles. The van der Waals surface area contributed by atoms with Gasteiger partial charge in [0.1, 0.15) is 0 Å². The van der Waals surface area contributed by atoms with Gasteiger partial charge >= 0.3 is 5.97 Å². The number of hydrogen-bond donors (Lipinski definition) is 3. The fraction of sp³-hybridized carbons (Fsp3) is 0.952. The van der Waals surface area contributed by atoms with E-state index in [-0.39, 0.29) is 23.2 Å². The summed E-state index contributed by atoms with van der Waals surface area (Å²) in [7, 11) is 1.65. The first-order valence-corrected chi connectivity index (χ1v) is 10.6. The number of aliphatic hydroxyl groups is 2. The van der Waals surface area contributed by atoms with E-state index in [2.05, 4.69) is 6.92 Å². The Morgan fingerprint density at radius 2 is 1.85 bits per heavy atom. The second kappa shape index (κ2) is 5.47. The van der Waals surface area contributed by atoms with E-state index in [0.717, 1.165) is 25.7 Å². The molecule has 5 aliphatic rings. The third kappa shape index (κ3) is 1.93. The minimum absolute atomic E-state index is 0.173. The van der Waals surface area contributed by atoms with Gasteiger partial charge in [-0.1, -0.05) is 6.92 Å². The lowest BCUT2D eigenvalue weighted by Crippen LogP contribution is -2.67. The number of aliphatic carboxylic acids is 1. The van der Waals surface area contributed by atoms with Crippen LogP contribution in [0.15, 0.2) is 0 Å². The summed E-state index contributed by atoms with van der Waals surface area (Å²) < 4.78 is 12.6. The monoisotopic (exact) mass is 380 g/mol. The molecule has 5 rings (SSSR count). The summed E-state index contributed by atoms with van der Waals surface area (Å²) in [5.74, 6) is -0.628. The van der Waals surface area contributed by atoms with Crippen LogP contribution in [0.5, 0.6) is 0 Å². The smallest absolute Gasteiger partial charge is 0.307 e. The van der Waals surface area contributed by atoms with Gasteiger partial charge in [0.25, 0.3) is 0 Å². The van der Waals surface area contributed by atoms with Gasteiger partial charge in [0.05, 0.1) is 28.6 Å². The van der Waals surface area contributed by atoms with Crippen LogP contribution < -0.4 is 0 Å². The Kier molecular flexibility index (Phi) is 3.71. The molecule has 3 N–H and O–H groups in total. The van der Waals surface area contributed by atoms with Crippen molar-refractivity contribution in [2.75, 3.05) is 7.11 Å². The largest absolute Gasteiger partial charge is 0.481 e. The zero-order valence-corrected chi connectivity index (χ0v) is 16.3. The van der Waals surface area contributed by atoms with Gasteiger partial charge < -0.3 is 24.8 Å². The molecule has 6 nitrogen and oxygen atoms in total. The molecule has 27 heavy (non-hydrogen) atoms. The molecule has 0 radical (unpaired) electrons. The zero-order chi connectivity index (χ0) is 19.2. The number of carboxylic acids is 1. The number of carbonyl (C=O) groups is 1. The second-order valence-electron chi connectivity index (χ2n) is 10.2. The standard InChI is InChI=1S/C21H32O6/c1-18-7-6-15-20-8-5-12(22)11-19(20,25)9-10-21(15,27-17(20)26-2)14(18)4-3-13(18)16(23)24/h12-15,17,22,25H,3-11H2,1-2H3,(H,23,24)/t12-,13+,14+,15+,17+,18+,19-,20+,21+/m0/s1. The van der Waals surface area contributed by atoms with Crippen molar-refractivity contribution in [1.82, 2.24) is 0 Å². The van der Waals surface area contributed by atoms with Gasteiger partial charge in [0.15, 0.2) is 6.29 Å². The zero-order valence-electron chi connectivity index (χ0n) is 16.3. The molecule has 1 spiro atoms. The minimum Gasteiger partial charge on any atom is -0.481 e. The molecular weight excluding hydrogens is 348 g/mol. The summed E-state index contributed by atoms with van der Waals surface area (Å²) >= 11 is 0. The average molecular weight is 380 g/mol. The number of ether oxygens (including phenoxy) is 2. The lowest BCUT2D eigenvalue weighted by molar-refractivity contribution is -0.239. The number of methoxy groups -OCH3 is 1. The third-order valence-electron chi connectivity index (χ3n) is 9.63. The highest BCUT2D eigenvalue weighted by atomic mass is 16.7. The molecule has 0 aromatic heterocycles. The average Bonchev–Trinajstić information content (AvgIpc) is 3.07. The van der Waals surface area contributed by atoms with Crippen molar-refractivity contribution in [3.05, 3.63) is 0 Å². The van der Waals surface area contributed by atoms with E-state index in [9.17, 15) is 20.1 Å². The molecule has 0 aromatic rings. The van der Waals surface area contributed by atoms with Crippen LogP contribution in [0, 0.1) is 28.6 Å². The van der Waals surface area contributed by atoms with Crippen molar-refractivity contribution in [2.45, 2.75) is 88.3 Å². The summed E-state index contributed by atoms with van der Waals surface area (Å²) in [5, 5.41) is 31.8. The summed E-state index contributed by atoms with van der Waals surface area (Å²) in [6, 6.07) is 0. The van der Waals surface area contributed by atoms with E-state index in [1.165, 1.54) is 0 Å². The first-order chi connectivity index (χ1) is 12.7. The molecule has 4 aliphatic carbocycles. The Morgan fingerprint density at radius 1 is 1.07 bits per heavy atom. The Bertz CT molecular complexity index is 667. The van der Waals surface area contributed by atoms with E-state index < -0.39 is 35.0 Å². The lowest BCUT2D eigenvalue weighted by atomic mass is 9.42.